The maximum absolute atomic E-state index is 5.84. The van der Waals surface area contributed by atoms with Gasteiger partial charge in [-0.3, -0.25) is 0 Å². The highest BCUT2D eigenvalue weighted by Crippen LogP contribution is 2.42. The number of nitrogens with one attached hydrogen (secondary N) is 1. The third-order valence-corrected chi connectivity index (χ3v) is 4.96. The summed E-state index contributed by atoms with van der Waals surface area (Å²) in [5.74, 6) is 0. The standard InChI is InChI=1S/C13H22N2S/c1-11-3-8-16-12(11)9-15-7-6-13(10-14)4-2-5-13/h3,8,15H,2,4-7,9-10,14H2,1H3. The molecule has 0 aromatic carbocycles. The number of aryl methyl sites for hydroxylation is 1. The molecule has 0 atom stereocenters. The van der Waals surface area contributed by atoms with Gasteiger partial charge in [0, 0.05) is 11.4 Å². The molecule has 1 saturated carbocycles. The molecule has 1 aliphatic rings. The van der Waals surface area contributed by atoms with Crippen molar-refractivity contribution in [2.75, 3.05) is 13.1 Å². The zero-order valence-corrected chi connectivity index (χ0v) is 10.9. The molecule has 1 aromatic heterocycles. The van der Waals surface area contributed by atoms with Crippen LogP contribution in [0.4, 0.5) is 0 Å². The molecular weight excluding hydrogens is 216 g/mol. The van der Waals surface area contributed by atoms with Crippen molar-refractivity contribution in [3.8, 4) is 0 Å². The molecule has 0 amide bonds. The number of hydrogen-bond acceptors (Lipinski definition) is 3. The summed E-state index contributed by atoms with van der Waals surface area (Å²) in [6.07, 6.45) is 5.29. The molecule has 16 heavy (non-hydrogen) atoms. The Bertz CT molecular complexity index is 323. The van der Waals surface area contributed by atoms with E-state index in [0.717, 1.165) is 19.6 Å². The average molecular weight is 238 g/mol. The Balaban J connectivity index is 1.67. The molecule has 1 aromatic rings. The number of thiophene rings is 1. The van der Waals surface area contributed by atoms with Crippen LogP contribution in [0.2, 0.25) is 0 Å². The summed E-state index contributed by atoms with van der Waals surface area (Å²) in [5.41, 5.74) is 7.74. The van der Waals surface area contributed by atoms with Crippen molar-refractivity contribution >= 4 is 11.3 Å². The summed E-state index contributed by atoms with van der Waals surface area (Å²) in [5, 5.41) is 5.71. The second-order valence-corrected chi connectivity index (χ2v) is 6.01. The first-order valence-electron chi connectivity index (χ1n) is 6.19. The molecule has 0 radical (unpaired) electrons. The van der Waals surface area contributed by atoms with Crippen LogP contribution in [0.3, 0.4) is 0 Å². The van der Waals surface area contributed by atoms with Gasteiger partial charge in [0.05, 0.1) is 0 Å². The molecular formula is C13H22N2S. The van der Waals surface area contributed by atoms with Gasteiger partial charge in [-0.15, -0.1) is 11.3 Å². The maximum atomic E-state index is 5.84. The summed E-state index contributed by atoms with van der Waals surface area (Å²) in [6.45, 7) is 5.17. The molecule has 0 aliphatic heterocycles. The van der Waals surface area contributed by atoms with Crippen LogP contribution in [-0.2, 0) is 6.54 Å². The second kappa shape index (κ2) is 5.30. The van der Waals surface area contributed by atoms with Gasteiger partial charge in [0.15, 0.2) is 0 Å². The van der Waals surface area contributed by atoms with Gasteiger partial charge in [-0.1, -0.05) is 6.42 Å². The lowest BCUT2D eigenvalue weighted by atomic mass is 9.67. The molecule has 2 rings (SSSR count). The summed E-state index contributed by atoms with van der Waals surface area (Å²) >= 11 is 1.85. The molecule has 0 unspecified atom stereocenters. The van der Waals surface area contributed by atoms with Crippen LogP contribution >= 0.6 is 11.3 Å². The first-order valence-corrected chi connectivity index (χ1v) is 7.07. The van der Waals surface area contributed by atoms with Crippen LogP contribution in [0.25, 0.3) is 0 Å². The Morgan fingerprint density at radius 1 is 1.50 bits per heavy atom. The van der Waals surface area contributed by atoms with Gasteiger partial charge in [-0.05, 0) is 61.7 Å². The summed E-state index contributed by atoms with van der Waals surface area (Å²) in [7, 11) is 0. The van der Waals surface area contributed by atoms with Crippen molar-refractivity contribution in [2.45, 2.75) is 39.2 Å². The van der Waals surface area contributed by atoms with Crippen LogP contribution in [0.5, 0.6) is 0 Å². The van der Waals surface area contributed by atoms with Gasteiger partial charge in [0.1, 0.15) is 0 Å². The van der Waals surface area contributed by atoms with E-state index in [-0.39, 0.29) is 0 Å². The zero-order valence-electron chi connectivity index (χ0n) is 10.1. The van der Waals surface area contributed by atoms with Crippen molar-refractivity contribution in [1.29, 1.82) is 0 Å². The SMILES string of the molecule is Cc1ccsc1CNCCC1(CN)CCC1. The van der Waals surface area contributed by atoms with Crippen LogP contribution in [-0.4, -0.2) is 13.1 Å². The number of nitrogens with two attached hydrogens (primary N) is 1. The number of hydrogen-bond donors (Lipinski definition) is 2. The molecule has 90 valence electrons. The third kappa shape index (κ3) is 2.65. The molecule has 0 spiro atoms. The average Bonchev–Trinajstić information content (AvgIpc) is 2.62. The van der Waals surface area contributed by atoms with Crippen molar-refractivity contribution < 1.29 is 0 Å². The Kier molecular flexibility index (Phi) is 4.00. The quantitative estimate of drug-likeness (QED) is 0.748. The van der Waals surface area contributed by atoms with Crippen molar-refractivity contribution in [2.24, 2.45) is 11.1 Å². The highest BCUT2D eigenvalue weighted by molar-refractivity contribution is 7.10. The Hall–Kier alpha value is -0.380. The van der Waals surface area contributed by atoms with E-state index in [1.54, 1.807) is 0 Å². The highest BCUT2D eigenvalue weighted by Gasteiger charge is 2.34. The van der Waals surface area contributed by atoms with Crippen LogP contribution in [0.15, 0.2) is 11.4 Å². The first kappa shape index (κ1) is 12.1. The van der Waals surface area contributed by atoms with Gasteiger partial charge < -0.3 is 11.1 Å². The molecule has 0 bridgehead atoms. The van der Waals surface area contributed by atoms with E-state index in [2.05, 4.69) is 23.7 Å². The fourth-order valence-corrected chi connectivity index (χ4v) is 3.25. The molecule has 1 fully saturated rings. The Morgan fingerprint density at radius 2 is 2.31 bits per heavy atom. The fraction of sp³-hybridized carbons (Fsp3) is 0.692. The Morgan fingerprint density at radius 3 is 2.81 bits per heavy atom. The summed E-state index contributed by atoms with van der Waals surface area (Å²) in [4.78, 5) is 1.47. The summed E-state index contributed by atoms with van der Waals surface area (Å²) in [6, 6.07) is 2.19. The molecule has 1 aliphatic carbocycles. The van der Waals surface area contributed by atoms with E-state index in [1.807, 2.05) is 11.3 Å². The predicted octanol–water partition coefficient (Wildman–Crippen LogP) is 2.67. The van der Waals surface area contributed by atoms with Crippen molar-refractivity contribution in [3.63, 3.8) is 0 Å². The molecule has 3 heteroatoms. The van der Waals surface area contributed by atoms with Gasteiger partial charge in [0.25, 0.3) is 0 Å². The van der Waals surface area contributed by atoms with E-state index in [4.69, 9.17) is 5.73 Å². The molecule has 1 heterocycles. The van der Waals surface area contributed by atoms with Crippen molar-refractivity contribution in [1.82, 2.24) is 5.32 Å². The molecule has 2 nitrogen and oxygen atoms in total. The topological polar surface area (TPSA) is 38.0 Å². The van der Waals surface area contributed by atoms with E-state index in [1.165, 1.54) is 36.1 Å². The van der Waals surface area contributed by atoms with E-state index < -0.39 is 0 Å². The maximum Gasteiger partial charge on any atom is 0.0302 e. The third-order valence-electron chi connectivity index (χ3n) is 3.93. The van der Waals surface area contributed by atoms with E-state index in [9.17, 15) is 0 Å². The predicted molar refractivity (Wildman–Crippen MR) is 70.7 cm³/mol. The smallest absolute Gasteiger partial charge is 0.0302 e. The van der Waals surface area contributed by atoms with Gasteiger partial charge in [-0.25, -0.2) is 0 Å². The van der Waals surface area contributed by atoms with E-state index >= 15 is 0 Å². The lowest BCUT2D eigenvalue weighted by Gasteiger charge is -2.41. The van der Waals surface area contributed by atoms with Gasteiger partial charge >= 0.3 is 0 Å². The monoisotopic (exact) mass is 238 g/mol. The molecule has 3 N–H and O–H groups in total. The first-order chi connectivity index (χ1) is 7.76. The zero-order chi connectivity index (χ0) is 11.4. The highest BCUT2D eigenvalue weighted by atomic mass is 32.1. The van der Waals surface area contributed by atoms with Gasteiger partial charge in [-0.2, -0.15) is 0 Å². The van der Waals surface area contributed by atoms with E-state index in [0.29, 0.717) is 5.41 Å². The lowest BCUT2D eigenvalue weighted by Crippen LogP contribution is -2.39. The minimum absolute atomic E-state index is 0.484. The normalized spacial score (nSPS) is 18.4. The fourth-order valence-electron chi connectivity index (χ4n) is 2.37. The Labute approximate surface area is 102 Å². The minimum atomic E-state index is 0.484. The van der Waals surface area contributed by atoms with Gasteiger partial charge in [0.2, 0.25) is 0 Å². The second-order valence-electron chi connectivity index (χ2n) is 5.01. The molecule has 0 saturated heterocycles. The summed E-state index contributed by atoms with van der Waals surface area (Å²) < 4.78 is 0. The minimum Gasteiger partial charge on any atom is -0.330 e. The number of rotatable bonds is 6. The lowest BCUT2D eigenvalue weighted by molar-refractivity contribution is 0.130. The van der Waals surface area contributed by atoms with Crippen molar-refractivity contribution in [3.05, 3.63) is 21.9 Å². The van der Waals surface area contributed by atoms with Crippen LogP contribution < -0.4 is 11.1 Å². The largest absolute Gasteiger partial charge is 0.330 e. The van der Waals surface area contributed by atoms with Crippen LogP contribution in [0, 0.1) is 12.3 Å². The van der Waals surface area contributed by atoms with Crippen LogP contribution in [0.1, 0.15) is 36.1 Å².